The number of piperidine rings is 1. The lowest BCUT2D eigenvalue weighted by Gasteiger charge is -2.26. The van der Waals surface area contributed by atoms with Gasteiger partial charge >= 0.3 is 0 Å². The minimum Gasteiger partial charge on any atom is -0.371 e. The Labute approximate surface area is 164 Å². The molecule has 140 valence electrons. The number of carbonyl (C=O) groups excluding carboxylic acids is 1. The zero-order valence-corrected chi connectivity index (χ0v) is 16.3. The predicted octanol–water partition coefficient (Wildman–Crippen LogP) is 5.14. The quantitative estimate of drug-likeness (QED) is 0.555. The Bertz CT molecular complexity index is 897. The molecule has 0 N–H and O–H groups in total. The average molecular weight is 380 g/mol. The van der Waals surface area contributed by atoms with Crippen molar-refractivity contribution in [3.63, 3.8) is 0 Å². The third-order valence-corrected chi connectivity index (χ3v) is 6.27. The van der Waals surface area contributed by atoms with Gasteiger partial charge in [-0.15, -0.1) is 11.3 Å². The van der Waals surface area contributed by atoms with E-state index in [1.807, 2.05) is 22.3 Å². The maximum absolute atomic E-state index is 12.1. The zero-order valence-electron chi connectivity index (χ0n) is 15.5. The molecule has 1 fully saturated rings. The Hall–Kier alpha value is -2.17. The van der Waals surface area contributed by atoms with Crippen LogP contribution in [0.2, 0.25) is 0 Å². The highest BCUT2D eigenvalue weighted by Gasteiger charge is 2.16. The molecule has 4 heteroatoms. The number of benzene rings is 2. The van der Waals surface area contributed by atoms with Crippen molar-refractivity contribution >= 4 is 27.3 Å². The summed E-state index contributed by atoms with van der Waals surface area (Å²) in [6.45, 7) is 2.57. The minimum absolute atomic E-state index is 0.135. The second kappa shape index (κ2) is 8.68. The summed E-state index contributed by atoms with van der Waals surface area (Å²) in [5.74, 6) is 0.135. The normalized spacial score (nSPS) is 14.6. The van der Waals surface area contributed by atoms with Gasteiger partial charge in [0, 0.05) is 22.7 Å². The number of carbonyl (C=O) groups is 1. The smallest absolute Gasteiger partial charge is 0.248 e. The molecule has 0 atom stereocenters. The number of likely N-dealkylation sites (tertiary alicyclic amines) is 1. The molecule has 4 rings (SSSR count). The van der Waals surface area contributed by atoms with Gasteiger partial charge in [0.25, 0.3) is 0 Å². The minimum atomic E-state index is 0.135. The van der Waals surface area contributed by atoms with Crippen molar-refractivity contribution in [2.45, 2.75) is 25.7 Å². The van der Waals surface area contributed by atoms with Crippen LogP contribution in [0, 0.1) is 0 Å². The molecule has 0 spiro atoms. The van der Waals surface area contributed by atoms with E-state index in [1.54, 1.807) is 0 Å². The fraction of sp³-hybridized carbons (Fsp3) is 0.348. The number of hydrogen-bond donors (Lipinski definition) is 0. The summed E-state index contributed by atoms with van der Waals surface area (Å²) in [5.41, 5.74) is 2.52. The van der Waals surface area contributed by atoms with E-state index in [0.29, 0.717) is 6.61 Å². The molecule has 0 saturated carbocycles. The highest BCUT2D eigenvalue weighted by Crippen LogP contribution is 2.33. The summed E-state index contributed by atoms with van der Waals surface area (Å²) < 4.78 is 6.96. The number of fused-ring (bicyclic) bond motifs is 1. The van der Waals surface area contributed by atoms with Gasteiger partial charge in [-0.25, -0.2) is 0 Å². The van der Waals surface area contributed by atoms with Crippen LogP contribution in [-0.4, -0.2) is 37.1 Å². The summed E-state index contributed by atoms with van der Waals surface area (Å²) in [7, 11) is 0. The summed E-state index contributed by atoms with van der Waals surface area (Å²) in [6, 6.07) is 19.4. The lowest BCUT2D eigenvalue weighted by Crippen LogP contribution is -2.38. The van der Waals surface area contributed by atoms with E-state index in [9.17, 15) is 4.79 Å². The fourth-order valence-electron chi connectivity index (χ4n) is 3.58. The van der Waals surface area contributed by atoms with Gasteiger partial charge in [-0.1, -0.05) is 42.5 Å². The molecule has 1 aromatic heterocycles. The molecule has 3 aromatic rings. The maximum atomic E-state index is 12.1. The van der Waals surface area contributed by atoms with Crippen molar-refractivity contribution in [1.29, 1.82) is 0 Å². The molecule has 2 heterocycles. The van der Waals surface area contributed by atoms with E-state index in [4.69, 9.17) is 4.74 Å². The molecule has 0 bridgehead atoms. The van der Waals surface area contributed by atoms with Crippen molar-refractivity contribution in [3.05, 3.63) is 60.2 Å². The second-order valence-corrected chi connectivity index (χ2v) is 8.18. The van der Waals surface area contributed by atoms with E-state index in [2.05, 4.69) is 48.5 Å². The molecule has 0 radical (unpaired) electrons. The van der Waals surface area contributed by atoms with Crippen molar-refractivity contribution < 1.29 is 9.53 Å². The summed E-state index contributed by atoms with van der Waals surface area (Å²) in [6.07, 6.45) is 4.32. The number of ether oxygens (including phenoxy) is 1. The van der Waals surface area contributed by atoms with E-state index in [1.165, 1.54) is 32.5 Å². The van der Waals surface area contributed by atoms with Crippen LogP contribution in [0.3, 0.4) is 0 Å². The standard InChI is InChI=1S/C23H25NO2S/c25-23(24-12-5-2-6-13-24)17-26-14-11-18-9-10-21-20(15-18)16-22(27-21)19-7-3-1-4-8-19/h1,3-4,7-10,15-16H,2,5-6,11-14,17H2. The van der Waals surface area contributed by atoms with Gasteiger partial charge in [-0.3, -0.25) is 4.79 Å². The largest absolute Gasteiger partial charge is 0.371 e. The first-order valence-corrected chi connectivity index (χ1v) is 10.5. The molecule has 3 nitrogen and oxygen atoms in total. The van der Waals surface area contributed by atoms with E-state index in [0.717, 1.165) is 32.4 Å². The van der Waals surface area contributed by atoms with Gasteiger partial charge < -0.3 is 9.64 Å². The Kier molecular flexibility index (Phi) is 5.85. The first kappa shape index (κ1) is 18.2. The molecule has 1 aliphatic rings. The van der Waals surface area contributed by atoms with Gasteiger partial charge in [0.15, 0.2) is 0 Å². The second-order valence-electron chi connectivity index (χ2n) is 7.09. The topological polar surface area (TPSA) is 29.5 Å². The SMILES string of the molecule is O=C(COCCc1ccc2sc(-c3ccccc3)cc2c1)N1CCCCC1. The van der Waals surface area contributed by atoms with Gasteiger partial charge in [0.2, 0.25) is 5.91 Å². The lowest BCUT2D eigenvalue weighted by molar-refractivity contribution is -0.137. The molecule has 1 amide bonds. The van der Waals surface area contributed by atoms with Crippen LogP contribution in [0.1, 0.15) is 24.8 Å². The average Bonchev–Trinajstić information content (AvgIpc) is 3.16. The van der Waals surface area contributed by atoms with Crippen molar-refractivity contribution in [2.75, 3.05) is 26.3 Å². The lowest BCUT2D eigenvalue weighted by atomic mass is 10.1. The number of thiophene rings is 1. The molecular weight excluding hydrogens is 354 g/mol. The van der Waals surface area contributed by atoms with Crippen LogP contribution in [0.25, 0.3) is 20.5 Å². The van der Waals surface area contributed by atoms with Gasteiger partial charge in [-0.05, 0) is 54.3 Å². The monoisotopic (exact) mass is 379 g/mol. The van der Waals surface area contributed by atoms with Crippen molar-refractivity contribution in [2.24, 2.45) is 0 Å². The van der Waals surface area contributed by atoms with Crippen LogP contribution < -0.4 is 0 Å². The van der Waals surface area contributed by atoms with Crippen LogP contribution in [0.4, 0.5) is 0 Å². The first-order chi connectivity index (χ1) is 13.3. The number of rotatable bonds is 6. The third kappa shape index (κ3) is 4.57. The Morgan fingerprint density at radius 1 is 1.00 bits per heavy atom. The number of amides is 1. The molecule has 1 aliphatic heterocycles. The maximum Gasteiger partial charge on any atom is 0.248 e. The molecule has 0 unspecified atom stereocenters. The van der Waals surface area contributed by atoms with Crippen LogP contribution >= 0.6 is 11.3 Å². The van der Waals surface area contributed by atoms with Crippen LogP contribution in [0.15, 0.2) is 54.6 Å². The van der Waals surface area contributed by atoms with Gasteiger partial charge in [0.05, 0.1) is 6.61 Å². The molecule has 1 saturated heterocycles. The summed E-state index contributed by atoms with van der Waals surface area (Å²) >= 11 is 1.83. The third-order valence-electron chi connectivity index (χ3n) is 5.11. The highest BCUT2D eigenvalue weighted by atomic mass is 32.1. The first-order valence-electron chi connectivity index (χ1n) is 9.73. The summed E-state index contributed by atoms with van der Waals surface area (Å²) in [5, 5.41) is 1.28. The van der Waals surface area contributed by atoms with Gasteiger partial charge in [0.1, 0.15) is 6.61 Å². The van der Waals surface area contributed by atoms with Crippen LogP contribution in [0.5, 0.6) is 0 Å². The Balaban J connectivity index is 1.32. The molecule has 0 aliphatic carbocycles. The highest BCUT2D eigenvalue weighted by molar-refractivity contribution is 7.22. The van der Waals surface area contributed by atoms with E-state index < -0.39 is 0 Å². The Morgan fingerprint density at radius 3 is 2.63 bits per heavy atom. The van der Waals surface area contributed by atoms with Gasteiger partial charge in [-0.2, -0.15) is 0 Å². The fourth-order valence-corrected chi connectivity index (χ4v) is 4.63. The Morgan fingerprint density at radius 2 is 1.81 bits per heavy atom. The summed E-state index contributed by atoms with van der Waals surface area (Å²) in [4.78, 5) is 15.4. The van der Waals surface area contributed by atoms with Crippen LogP contribution in [-0.2, 0) is 16.0 Å². The number of nitrogens with zero attached hydrogens (tertiary/aromatic N) is 1. The predicted molar refractivity (Wildman–Crippen MR) is 112 cm³/mol. The van der Waals surface area contributed by atoms with E-state index in [-0.39, 0.29) is 12.5 Å². The van der Waals surface area contributed by atoms with Crippen molar-refractivity contribution in [3.8, 4) is 10.4 Å². The van der Waals surface area contributed by atoms with E-state index >= 15 is 0 Å². The van der Waals surface area contributed by atoms with Crippen molar-refractivity contribution in [1.82, 2.24) is 4.90 Å². The molecular formula is C23H25NO2S. The molecule has 27 heavy (non-hydrogen) atoms. The molecule has 2 aromatic carbocycles. The number of hydrogen-bond acceptors (Lipinski definition) is 3. The zero-order chi connectivity index (χ0) is 18.5.